The Hall–Kier alpha value is -0.910. The van der Waals surface area contributed by atoms with E-state index in [4.69, 9.17) is 5.11 Å². The quantitative estimate of drug-likeness (QED) is 0.849. The SMILES string of the molecule is O=C(c1ccccc1CBr)N1CCN(CCO)CC1. The number of halogens is 1. The zero-order valence-electron chi connectivity index (χ0n) is 10.9. The minimum absolute atomic E-state index is 0.110. The summed E-state index contributed by atoms with van der Waals surface area (Å²) in [5.41, 5.74) is 1.82. The monoisotopic (exact) mass is 326 g/mol. The van der Waals surface area contributed by atoms with Gasteiger partial charge in [-0.15, -0.1) is 0 Å². The summed E-state index contributed by atoms with van der Waals surface area (Å²) in [4.78, 5) is 16.6. The molecule has 2 rings (SSSR count). The second-order valence-electron chi connectivity index (χ2n) is 4.65. The molecule has 19 heavy (non-hydrogen) atoms. The van der Waals surface area contributed by atoms with Crippen LogP contribution in [0.4, 0.5) is 0 Å². The van der Waals surface area contributed by atoms with Crippen molar-refractivity contribution in [3.8, 4) is 0 Å². The number of amides is 1. The number of hydrogen-bond donors (Lipinski definition) is 1. The van der Waals surface area contributed by atoms with Gasteiger partial charge in [0.15, 0.2) is 0 Å². The van der Waals surface area contributed by atoms with Crippen molar-refractivity contribution in [1.82, 2.24) is 9.80 Å². The Morgan fingerprint density at radius 3 is 2.53 bits per heavy atom. The Morgan fingerprint density at radius 1 is 1.21 bits per heavy atom. The van der Waals surface area contributed by atoms with E-state index in [1.54, 1.807) is 0 Å². The first-order chi connectivity index (χ1) is 9.26. The molecule has 0 atom stereocenters. The number of benzene rings is 1. The van der Waals surface area contributed by atoms with Crippen LogP contribution < -0.4 is 0 Å². The van der Waals surface area contributed by atoms with Gasteiger partial charge in [-0.05, 0) is 11.6 Å². The van der Waals surface area contributed by atoms with Crippen molar-refractivity contribution in [1.29, 1.82) is 0 Å². The Morgan fingerprint density at radius 2 is 1.89 bits per heavy atom. The first kappa shape index (κ1) is 14.5. The second-order valence-corrected chi connectivity index (χ2v) is 5.21. The molecule has 1 amide bonds. The van der Waals surface area contributed by atoms with Gasteiger partial charge in [0, 0.05) is 43.6 Å². The minimum Gasteiger partial charge on any atom is -0.395 e. The number of aliphatic hydroxyl groups excluding tert-OH is 1. The maximum atomic E-state index is 12.5. The van der Waals surface area contributed by atoms with Crippen LogP contribution >= 0.6 is 15.9 Å². The lowest BCUT2D eigenvalue weighted by Gasteiger charge is -2.34. The number of carbonyl (C=O) groups is 1. The highest BCUT2D eigenvalue weighted by Gasteiger charge is 2.22. The summed E-state index contributed by atoms with van der Waals surface area (Å²) < 4.78 is 0. The lowest BCUT2D eigenvalue weighted by atomic mass is 10.1. The van der Waals surface area contributed by atoms with Gasteiger partial charge < -0.3 is 10.0 Å². The van der Waals surface area contributed by atoms with Crippen molar-refractivity contribution < 1.29 is 9.90 Å². The van der Waals surface area contributed by atoms with Crippen molar-refractivity contribution in [2.45, 2.75) is 5.33 Å². The van der Waals surface area contributed by atoms with Crippen molar-refractivity contribution in [3.05, 3.63) is 35.4 Å². The van der Waals surface area contributed by atoms with E-state index in [1.807, 2.05) is 29.2 Å². The lowest BCUT2D eigenvalue weighted by molar-refractivity contribution is 0.0614. The standard InChI is InChI=1S/C14H19BrN2O2/c15-11-12-3-1-2-4-13(12)14(19)17-7-5-16(6-8-17)9-10-18/h1-4,18H,5-11H2. The first-order valence-corrected chi connectivity index (χ1v) is 7.64. The maximum absolute atomic E-state index is 12.5. The highest BCUT2D eigenvalue weighted by atomic mass is 79.9. The molecule has 1 aromatic rings. The molecule has 5 heteroatoms. The van der Waals surface area contributed by atoms with E-state index in [0.717, 1.165) is 37.3 Å². The third kappa shape index (κ3) is 3.55. The van der Waals surface area contributed by atoms with Gasteiger partial charge in [0.1, 0.15) is 0 Å². The Kier molecular flexibility index (Phi) is 5.36. The van der Waals surface area contributed by atoms with Crippen LogP contribution in [0.25, 0.3) is 0 Å². The number of nitrogens with zero attached hydrogens (tertiary/aromatic N) is 2. The molecule has 1 saturated heterocycles. The Balaban J connectivity index is 2.01. The smallest absolute Gasteiger partial charge is 0.254 e. The number of alkyl halides is 1. The molecule has 0 saturated carbocycles. The number of β-amino-alcohol motifs (C(OH)–C–C–N with tert-alkyl or cyclic N) is 1. The maximum Gasteiger partial charge on any atom is 0.254 e. The molecule has 104 valence electrons. The molecule has 1 N–H and O–H groups in total. The molecular weight excluding hydrogens is 308 g/mol. The molecule has 0 aliphatic carbocycles. The highest BCUT2D eigenvalue weighted by Crippen LogP contribution is 2.16. The van der Waals surface area contributed by atoms with Crippen LogP contribution in [0.3, 0.4) is 0 Å². The van der Waals surface area contributed by atoms with Crippen LogP contribution in [0.15, 0.2) is 24.3 Å². The summed E-state index contributed by atoms with van der Waals surface area (Å²) in [5.74, 6) is 0.110. The van der Waals surface area contributed by atoms with E-state index in [2.05, 4.69) is 20.8 Å². The van der Waals surface area contributed by atoms with Gasteiger partial charge >= 0.3 is 0 Å². The molecule has 0 bridgehead atoms. The molecule has 4 nitrogen and oxygen atoms in total. The summed E-state index contributed by atoms with van der Waals surface area (Å²) in [7, 11) is 0. The van der Waals surface area contributed by atoms with Gasteiger partial charge in [0.05, 0.1) is 6.61 Å². The molecule has 1 fully saturated rings. The van der Waals surface area contributed by atoms with Gasteiger partial charge in [0.2, 0.25) is 0 Å². The summed E-state index contributed by atoms with van der Waals surface area (Å²) in [5, 5.41) is 9.61. The fourth-order valence-corrected chi connectivity index (χ4v) is 2.82. The number of piperazine rings is 1. The third-order valence-electron chi connectivity index (χ3n) is 3.47. The van der Waals surface area contributed by atoms with E-state index in [9.17, 15) is 4.79 Å². The molecule has 0 spiro atoms. The Labute approximate surface area is 122 Å². The fraction of sp³-hybridized carbons (Fsp3) is 0.500. The predicted molar refractivity (Wildman–Crippen MR) is 78.5 cm³/mol. The largest absolute Gasteiger partial charge is 0.395 e. The zero-order valence-corrected chi connectivity index (χ0v) is 12.5. The summed E-state index contributed by atoms with van der Waals surface area (Å²) >= 11 is 3.42. The average molecular weight is 327 g/mol. The molecule has 0 radical (unpaired) electrons. The molecule has 0 unspecified atom stereocenters. The van der Waals surface area contributed by atoms with Gasteiger partial charge in [-0.3, -0.25) is 9.69 Å². The molecule has 1 aliphatic heterocycles. The van der Waals surface area contributed by atoms with Crippen molar-refractivity contribution in [2.24, 2.45) is 0 Å². The topological polar surface area (TPSA) is 43.8 Å². The first-order valence-electron chi connectivity index (χ1n) is 6.52. The second kappa shape index (κ2) is 7.03. The summed E-state index contributed by atoms with van der Waals surface area (Å²) in [6, 6.07) is 7.72. The van der Waals surface area contributed by atoms with Crippen molar-refractivity contribution >= 4 is 21.8 Å². The van der Waals surface area contributed by atoms with Crippen LogP contribution in [0.1, 0.15) is 15.9 Å². The fourth-order valence-electron chi connectivity index (χ4n) is 2.33. The van der Waals surface area contributed by atoms with E-state index in [1.165, 1.54) is 0 Å². The van der Waals surface area contributed by atoms with E-state index in [-0.39, 0.29) is 12.5 Å². The third-order valence-corrected chi connectivity index (χ3v) is 4.07. The number of aliphatic hydroxyl groups is 1. The van der Waals surface area contributed by atoms with Gasteiger partial charge in [-0.2, -0.15) is 0 Å². The average Bonchev–Trinajstić information content (AvgIpc) is 2.47. The van der Waals surface area contributed by atoms with Crippen LogP contribution in [0.5, 0.6) is 0 Å². The van der Waals surface area contributed by atoms with Gasteiger partial charge in [0.25, 0.3) is 5.91 Å². The van der Waals surface area contributed by atoms with Crippen LogP contribution in [0.2, 0.25) is 0 Å². The van der Waals surface area contributed by atoms with E-state index < -0.39 is 0 Å². The zero-order chi connectivity index (χ0) is 13.7. The molecule has 1 aromatic carbocycles. The number of hydrogen-bond acceptors (Lipinski definition) is 3. The lowest BCUT2D eigenvalue weighted by Crippen LogP contribution is -2.49. The Bertz CT molecular complexity index is 431. The molecule has 1 heterocycles. The van der Waals surface area contributed by atoms with Crippen molar-refractivity contribution in [3.63, 3.8) is 0 Å². The number of carbonyl (C=O) groups excluding carboxylic acids is 1. The molecule has 1 aliphatic rings. The minimum atomic E-state index is 0.110. The predicted octanol–water partition coefficient (Wildman–Crippen LogP) is 1.33. The molecule has 0 aromatic heterocycles. The van der Waals surface area contributed by atoms with Crippen LogP contribution in [-0.2, 0) is 5.33 Å². The summed E-state index contributed by atoms with van der Waals surface area (Å²) in [6.45, 7) is 4.01. The highest BCUT2D eigenvalue weighted by molar-refractivity contribution is 9.08. The normalized spacial score (nSPS) is 16.6. The summed E-state index contributed by atoms with van der Waals surface area (Å²) in [6.07, 6.45) is 0. The van der Waals surface area contributed by atoms with Crippen LogP contribution in [-0.4, -0.2) is 60.1 Å². The molecular formula is C14H19BrN2O2. The van der Waals surface area contributed by atoms with E-state index >= 15 is 0 Å². The number of rotatable bonds is 4. The van der Waals surface area contributed by atoms with Crippen molar-refractivity contribution in [2.75, 3.05) is 39.3 Å². The van der Waals surface area contributed by atoms with Crippen LogP contribution in [0, 0.1) is 0 Å². The van der Waals surface area contributed by atoms with Gasteiger partial charge in [-0.25, -0.2) is 0 Å². The van der Waals surface area contributed by atoms with E-state index in [0.29, 0.717) is 11.9 Å². The van der Waals surface area contributed by atoms with Gasteiger partial charge in [-0.1, -0.05) is 34.1 Å².